The molecule has 2 rings (SSSR count). The molecule has 0 aliphatic heterocycles. The molecule has 1 aromatic heterocycles. The van der Waals surface area contributed by atoms with E-state index in [-0.39, 0.29) is 11.6 Å². The van der Waals surface area contributed by atoms with Gasteiger partial charge in [-0.3, -0.25) is 14.9 Å². The number of benzene rings is 1. The monoisotopic (exact) mass is 338 g/mol. The lowest BCUT2D eigenvalue weighted by molar-refractivity contribution is -0.384. The summed E-state index contributed by atoms with van der Waals surface area (Å²) in [5.74, 6) is 0.480. The van der Waals surface area contributed by atoms with Crippen molar-refractivity contribution in [1.82, 2.24) is 10.2 Å². The van der Waals surface area contributed by atoms with Gasteiger partial charge in [-0.1, -0.05) is 42.2 Å². The average molecular weight is 338 g/mol. The van der Waals surface area contributed by atoms with Crippen molar-refractivity contribution in [2.24, 2.45) is 0 Å². The van der Waals surface area contributed by atoms with Crippen LogP contribution in [0.4, 0.5) is 10.8 Å². The van der Waals surface area contributed by atoms with Crippen LogP contribution in [0.1, 0.15) is 25.3 Å². The number of aromatic nitrogens is 2. The van der Waals surface area contributed by atoms with E-state index in [9.17, 15) is 14.9 Å². The highest BCUT2D eigenvalue weighted by molar-refractivity contribution is 8.00. The number of carbonyl (C=O) groups excluding carboxylic acids is 1. The number of hydrogen-bond donors (Lipinski definition) is 1. The minimum atomic E-state index is -0.416. The number of anilines is 1. The van der Waals surface area contributed by atoms with Crippen LogP contribution < -0.4 is 5.32 Å². The van der Waals surface area contributed by atoms with Gasteiger partial charge in [0.25, 0.3) is 5.69 Å². The smallest absolute Gasteiger partial charge is 0.269 e. The number of nitro groups is 1. The van der Waals surface area contributed by atoms with Gasteiger partial charge in [-0.2, -0.15) is 0 Å². The van der Waals surface area contributed by atoms with Crippen molar-refractivity contribution in [3.8, 4) is 0 Å². The molecular weight excluding hydrogens is 324 g/mol. The Bertz CT molecular complexity index is 675. The Hall–Kier alpha value is -2.00. The number of carbonyl (C=O) groups is 1. The first-order chi connectivity index (χ1) is 10.6. The third-order valence-corrected chi connectivity index (χ3v) is 4.66. The fourth-order valence-corrected chi connectivity index (χ4v) is 3.34. The lowest BCUT2D eigenvalue weighted by atomic mass is 10.2. The zero-order valence-electron chi connectivity index (χ0n) is 11.8. The molecule has 1 heterocycles. The van der Waals surface area contributed by atoms with Crippen LogP contribution in [-0.4, -0.2) is 21.0 Å². The van der Waals surface area contributed by atoms with Crippen molar-refractivity contribution in [2.75, 3.05) is 5.32 Å². The van der Waals surface area contributed by atoms with E-state index in [4.69, 9.17) is 0 Å². The number of rotatable bonds is 7. The largest absolute Gasteiger partial charge is 0.301 e. The van der Waals surface area contributed by atoms with Gasteiger partial charge in [0, 0.05) is 24.3 Å². The predicted octanol–water partition coefficient (Wildman–Crippen LogP) is 3.48. The van der Waals surface area contributed by atoms with Gasteiger partial charge in [0.05, 0.1) is 4.92 Å². The Morgan fingerprint density at radius 2 is 2.27 bits per heavy atom. The summed E-state index contributed by atoms with van der Waals surface area (Å²) in [5, 5.41) is 21.8. The molecule has 0 fully saturated rings. The number of nitrogens with zero attached hydrogens (tertiary/aromatic N) is 3. The molecule has 1 amide bonds. The fraction of sp³-hybridized carbons (Fsp3) is 0.308. The second-order valence-corrected chi connectivity index (χ2v) is 6.59. The summed E-state index contributed by atoms with van der Waals surface area (Å²) in [6.45, 7) is 1.93. The molecule has 1 aromatic carbocycles. The molecule has 9 heteroatoms. The van der Waals surface area contributed by atoms with Crippen LogP contribution in [0.3, 0.4) is 0 Å². The van der Waals surface area contributed by atoms with Crippen LogP contribution in [0.5, 0.6) is 0 Å². The first-order valence-electron chi connectivity index (χ1n) is 6.58. The second-order valence-electron chi connectivity index (χ2n) is 4.39. The Kier molecular flexibility index (Phi) is 5.84. The topological polar surface area (TPSA) is 98.0 Å². The Labute approximate surface area is 135 Å². The quantitative estimate of drug-likeness (QED) is 0.359. The highest BCUT2D eigenvalue weighted by Gasteiger charge is 2.10. The normalized spacial score (nSPS) is 10.4. The third kappa shape index (κ3) is 4.78. The minimum Gasteiger partial charge on any atom is -0.301 e. The highest BCUT2D eigenvalue weighted by atomic mass is 32.2. The number of thioether (sulfide) groups is 1. The summed E-state index contributed by atoms with van der Waals surface area (Å²) in [6, 6.07) is 6.48. The van der Waals surface area contributed by atoms with Crippen molar-refractivity contribution in [3.63, 3.8) is 0 Å². The molecule has 0 aliphatic carbocycles. The summed E-state index contributed by atoms with van der Waals surface area (Å²) in [7, 11) is 0. The molecule has 1 N–H and O–H groups in total. The van der Waals surface area contributed by atoms with E-state index in [1.165, 1.54) is 35.2 Å². The summed E-state index contributed by atoms with van der Waals surface area (Å²) in [5.41, 5.74) is 0.911. The Morgan fingerprint density at radius 1 is 1.45 bits per heavy atom. The van der Waals surface area contributed by atoms with Crippen LogP contribution >= 0.6 is 23.1 Å². The maximum atomic E-state index is 11.5. The highest BCUT2D eigenvalue weighted by Crippen LogP contribution is 2.29. The van der Waals surface area contributed by atoms with E-state index in [0.717, 1.165) is 12.0 Å². The number of hydrogen-bond acceptors (Lipinski definition) is 7. The molecule has 0 aliphatic rings. The standard InChI is InChI=1S/C13H14N4O3S2/c1-2-4-11(18)14-12-15-16-13(22-12)21-8-9-5-3-6-10(7-9)17(19)20/h3,5-7H,2,4,8H2,1H3,(H,14,15,18). The third-order valence-electron chi connectivity index (χ3n) is 2.61. The molecule has 0 radical (unpaired) electrons. The molecular formula is C13H14N4O3S2. The van der Waals surface area contributed by atoms with Crippen LogP contribution in [0.15, 0.2) is 28.6 Å². The minimum absolute atomic E-state index is 0.0721. The maximum Gasteiger partial charge on any atom is 0.269 e. The van der Waals surface area contributed by atoms with Crippen molar-refractivity contribution in [3.05, 3.63) is 39.9 Å². The molecule has 0 spiro atoms. The Morgan fingerprint density at radius 3 is 3.00 bits per heavy atom. The van der Waals surface area contributed by atoms with Gasteiger partial charge in [0.2, 0.25) is 11.0 Å². The molecule has 0 saturated heterocycles. The number of amides is 1. The molecule has 7 nitrogen and oxygen atoms in total. The summed E-state index contributed by atoms with van der Waals surface area (Å²) < 4.78 is 0.707. The first-order valence-corrected chi connectivity index (χ1v) is 8.38. The molecule has 0 atom stereocenters. The Balaban J connectivity index is 1.92. The molecule has 0 unspecified atom stereocenters. The average Bonchev–Trinajstić information content (AvgIpc) is 2.93. The van der Waals surface area contributed by atoms with Gasteiger partial charge in [-0.15, -0.1) is 10.2 Å². The first kappa shape index (κ1) is 16.4. The number of nitrogens with one attached hydrogen (secondary N) is 1. The second kappa shape index (κ2) is 7.85. The zero-order chi connectivity index (χ0) is 15.9. The molecule has 2 aromatic rings. The van der Waals surface area contributed by atoms with Crippen LogP contribution in [0.2, 0.25) is 0 Å². The van der Waals surface area contributed by atoms with Gasteiger partial charge in [0.15, 0.2) is 4.34 Å². The van der Waals surface area contributed by atoms with Gasteiger partial charge >= 0.3 is 0 Å². The van der Waals surface area contributed by atoms with E-state index >= 15 is 0 Å². The summed E-state index contributed by atoms with van der Waals surface area (Å²) >= 11 is 2.72. The number of nitro benzene ring substituents is 1. The fourth-order valence-electron chi connectivity index (χ4n) is 1.63. The lowest BCUT2D eigenvalue weighted by Crippen LogP contribution is -2.10. The van der Waals surface area contributed by atoms with Crippen LogP contribution in [-0.2, 0) is 10.5 Å². The lowest BCUT2D eigenvalue weighted by Gasteiger charge is -1.99. The van der Waals surface area contributed by atoms with Gasteiger partial charge in [-0.25, -0.2) is 0 Å². The van der Waals surface area contributed by atoms with E-state index in [0.29, 0.717) is 21.6 Å². The number of non-ortho nitro benzene ring substituents is 1. The SMILES string of the molecule is CCCC(=O)Nc1nnc(SCc2cccc([N+](=O)[O-])c2)s1. The van der Waals surface area contributed by atoms with E-state index in [1.807, 2.05) is 13.0 Å². The molecule has 116 valence electrons. The van der Waals surface area contributed by atoms with Crippen molar-refractivity contribution in [1.29, 1.82) is 0 Å². The van der Waals surface area contributed by atoms with Gasteiger partial charge in [0.1, 0.15) is 0 Å². The summed E-state index contributed by atoms with van der Waals surface area (Å²) in [4.78, 5) is 21.8. The molecule has 0 bridgehead atoms. The molecule has 0 saturated carbocycles. The van der Waals surface area contributed by atoms with Crippen LogP contribution in [0, 0.1) is 10.1 Å². The maximum absolute atomic E-state index is 11.5. The zero-order valence-corrected chi connectivity index (χ0v) is 13.4. The van der Waals surface area contributed by atoms with Crippen LogP contribution in [0.25, 0.3) is 0 Å². The van der Waals surface area contributed by atoms with Crippen molar-refractivity contribution < 1.29 is 9.72 Å². The predicted molar refractivity (Wildman–Crippen MR) is 86.1 cm³/mol. The van der Waals surface area contributed by atoms with Gasteiger partial charge in [-0.05, 0) is 12.0 Å². The van der Waals surface area contributed by atoms with Gasteiger partial charge < -0.3 is 5.32 Å². The van der Waals surface area contributed by atoms with Crippen molar-refractivity contribution >= 4 is 39.8 Å². The van der Waals surface area contributed by atoms with E-state index < -0.39 is 4.92 Å². The van der Waals surface area contributed by atoms with Crippen molar-refractivity contribution in [2.45, 2.75) is 29.9 Å². The summed E-state index contributed by atoms with van der Waals surface area (Å²) in [6.07, 6.45) is 1.23. The van der Waals surface area contributed by atoms with E-state index in [1.54, 1.807) is 6.07 Å². The molecule has 22 heavy (non-hydrogen) atoms. The van der Waals surface area contributed by atoms with E-state index in [2.05, 4.69) is 15.5 Å².